The lowest BCUT2D eigenvalue weighted by atomic mass is 10.1. The lowest BCUT2D eigenvalue weighted by Crippen LogP contribution is -2.34. The summed E-state index contributed by atoms with van der Waals surface area (Å²) in [6, 6.07) is 4.94. The van der Waals surface area contributed by atoms with Gasteiger partial charge in [0, 0.05) is 12.6 Å². The van der Waals surface area contributed by atoms with Crippen molar-refractivity contribution in [2.24, 2.45) is 0 Å². The fraction of sp³-hybridized carbons (Fsp3) is 0.357. The smallest absolute Gasteiger partial charge is 0.296 e. The Bertz CT molecular complexity index is 510. The maximum absolute atomic E-state index is 12.4. The average Bonchev–Trinajstić information content (AvgIpc) is 2.44. The highest BCUT2D eigenvalue weighted by Crippen LogP contribution is 2.26. The molecule has 1 aliphatic rings. The fourth-order valence-electron chi connectivity index (χ4n) is 1.93. The van der Waals surface area contributed by atoms with E-state index < -0.39 is 0 Å². The largest absolute Gasteiger partial charge is 0.508 e. The fourth-order valence-corrected chi connectivity index (χ4v) is 1.93. The zero-order valence-electron chi connectivity index (χ0n) is 11.0. The number of phenols is 1. The quantitative estimate of drug-likeness (QED) is 0.905. The van der Waals surface area contributed by atoms with E-state index in [2.05, 4.69) is 0 Å². The summed E-state index contributed by atoms with van der Waals surface area (Å²) in [7, 11) is 0. The SMILES string of the molecule is CCN(C(=O)C1=COCCO1)c1cc(O)ccc1C. The Balaban J connectivity index is 2.31. The second kappa shape index (κ2) is 5.65. The second-order valence-electron chi connectivity index (χ2n) is 4.22. The molecular weight excluding hydrogens is 246 g/mol. The number of hydrogen-bond acceptors (Lipinski definition) is 4. The highest BCUT2D eigenvalue weighted by Gasteiger charge is 2.23. The lowest BCUT2D eigenvalue weighted by molar-refractivity contribution is -0.119. The van der Waals surface area contributed by atoms with Crippen LogP contribution in [0.5, 0.6) is 5.75 Å². The van der Waals surface area contributed by atoms with Crippen LogP contribution in [-0.2, 0) is 14.3 Å². The normalized spacial score (nSPS) is 14.1. The first kappa shape index (κ1) is 13.3. The monoisotopic (exact) mass is 263 g/mol. The Morgan fingerprint density at radius 2 is 2.21 bits per heavy atom. The molecule has 0 saturated carbocycles. The lowest BCUT2D eigenvalue weighted by Gasteiger charge is -2.25. The van der Waals surface area contributed by atoms with Gasteiger partial charge in [0.1, 0.15) is 25.2 Å². The molecule has 1 heterocycles. The van der Waals surface area contributed by atoms with Gasteiger partial charge in [-0.05, 0) is 25.5 Å². The number of aromatic hydroxyl groups is 1. The van der Waals surface area contributed by atoms with Crippen molar-refractivity contribution in [3.05, 3.63) is 35.8 Å². The van der Waals surface area contributed by atoms with Crippen molar-refractivity contribution in [2.75, 3.05) is 24.7 Å². The Morgan fingerprint density at radius 1 is 1.42 bits per heavy atom. The predicted octanol–water partition coefficient (Wildman–Crippen LogP) is 1.94. The molecule has 5 nitrogen and oxygen atoms in total. The van der Waals surface area contributed by atoms with E-state index in [1.54, 1.807) is 23.1 Å². The van der Waals surface area contributed by atoms with Gasteiger partial charge < -0.3 is 19.5 Å². The van der Waals surface area contributed by atoms with Gasteiger partial charge in [0.05, 0.1) is 5.69 Å². The molecule has 102 valence electrons. The van der Waals surface area contributed by atoms with Crippen molar-refractivity contribution in [3.8, 4) is 5.75 Å². The summed E-state index contributed by atoms with van der Waals surface area (Å²) in [4.78, 5) is 13.9. The van der Waals surface area contributed by atoms with Gasteiger partial charge in [-0.15, -0.1) is 0 Å². The second-order valence-corrected chi connectivity index (χ2v) is 4.22. The molecule has 1 N–H and O–H groups in total. The number of nitrogens with zero attached hydrogens (tertiary/aromatic N) is 1. The van der Waals surface area contributed by atoms with Gasteiger partial charge in [-0.25, -0.2) is 0 Å². The van der Waals surface area contributed by atoms with Crippen molar-refractivity contribution in [2.45, 2.75) is 13.8 Å². The zero-order valence-corrected chi connectivity index (χ0v) is 11.0. The van der Waals surface area contributed by atoms with E-state index in [0.717, 1.165) is 5.56 Å². The molecule has 19 heavy (non-hydrogen) atoms. The third kappa shape index (κ3) is 2.81. The van der Waals surface area contributed by atoms with E-state index in [-0.39, 0.29) is 17.4 Å². The predicted molar refractivity (Wildman–Crippen MR) is 70.9 cm³/mol. The van der Waals surface area contributed by atoms with Gasteiger partial charge in [-0.1, -0.05) is 6.07 Å². The molecule has 0 atom stereocenters. The number of hydrogen-bond donors (Lipinski definition) is 1. The zero-order chi connectivity index (χ0) is 13.8. The molecule has 0 saturated heterocycles. The van der Waals surface area contributed by atoms with Gasteiger partial charge in [-0.2, -0.15) is 0 Å². The van der Waals surface area contributed by atoms with Crippen LogP contribution in [0.2, 0.25) is 0 Å². The van der Waals surface area contributed by atoms with E-state index in [0.29, 0.717) is 25.4 Å². The highest BCUT2D eigenvalue weighted by atomic mass is 16.6. The minimum atomic E-state index is -0.268. The molecule has 1 aliphatic heterocycles. The van der Waals surface area contributed by atoms with Gasteiger partial charge in [-0.3, -0.25) is 4.79 Å². The maximum Gasteiger partial charge on any atom is 0.296 e. The van der Waals surface area contributed by atoms with Crippen molar-refractivity contribution < 1.29 is 19.4 Å². The summed E-state index contributed by atoms with van der Waals surface area (Å²) in [5.41, 5.74) is 1.58. The number of benzene rings is 1. The van der Waals surface area contributed by atoms with E-state index in [1.165, 1.54) is 6.26 Å². The number of amides is 1. The molecule has 0 unspecified atom stereocenters. The first-order chi connectivity index (χ1) is 9.13. The Kier molecular flexibility index (Phi) is 3.94. The Labute approximate surface area is 112 Å². The topological polar surface area (TPSA) is 59.0 Å². The number of anilines is 1. The van der Waals surface area contributed by atoms with Crippen molar-refractivity contribution in [1.29, 1.82) is 0 Å². The van der Waals surface area contributed by atoms with Crippen LogP contribution in [0.1, 0.15) is 12.5 Å². The molecule has 5 heteroatoms. The Morgan fingerprint density at radius 3 is 2.84 bits per heavy atom. The number of phenolic OH excluding ortho intramolecular Hbond substituents is 1. The summed E-state index contributed by atoms with van der Waals surface area (Å²) in [5.74, 6) is 0.0494. The first-order valence-electron chi connectivity index (χ1n) is 6.19. The average molecular weight is 263 g/mol. The minimum absolute atomic E-state index is 0.127. The van der Waals surface area contributed by atoms with E-state index >= 15 is 0 Å². The summed E-state index contributed by atoms with van der Waals surface area (Å²) < 4.78 is 10.4. The summed E-state index contributed by atoms with van der Waals surface area (Å²) in [6.07, 6.45) is 1.34. The molecule has 1 aromatic rings. The molecule has 0 fully saturated rings. The number of aryl methyl sites for hydroxylation is 1. The molecule has 1 aromatic carbocycles. The van der Waals surface area contributed by atoms with E-state index in [4.69, 9.17) is 9.47 Å². The Hall–Kier alpha value is -2.17. The van der Waals surface area contributed by atoms with Crippen LogP contribution in [0.25, 0.3) is 0 Å². The van der Waals surface area contributed by atoms with Gasteiger partial charge in [0.25, 0.3) is 5.91 Å². The standard InChI is InChI=1S/C14H17NO4/c1-3-15(12-8-11(16)5-4-10(12)2)14(17)13-9-18-6-7-19-13/h4-5,8-9,16H,3,6-7H2,1-2H3. The van der Waals surface area contributed by atoms with Crippen molar-refractivity contribution in [1.82, 2.24) is 0 Å². The summed E-state index contributed by atoms with van der Waals surface area (Å²) in [6.45, 7) is 5.05. The first-order valence-corrected chi connectivity index (χ1v) is 6.19. The van der Waals surface area contributed by atoms with Crippen LogP contribution >= 0.6 is 0 Å². The van der Waals surface area contributed by atoms with Crippen LogP contribution < -0.4 is 4.90 Å². The number of ether oxygens (including phenoxy) is 2. The summed E-state index contributed by atoms with van der Waals surface area (Å²) in [5, 5.41) is 9.57. The van der Waals surface area contributed by atoms with Crippen molar-refractivity contribution in [3.63, 3.8) is 0 Å². The molecule has 0 bridgehead atoms. The molecule has 0 aromatic heterocycles. The van der Waals surface area contributed by atoms with E-state index in [9.17, 15) is 9.90 Å². The van der Waals surface area contributed by atoms with Gasteiger partial charge in [0.2, 0.25) is 5.76 Å². The van der Waals surface area contributed by atoms with Gasteiger partial charge in [0.15, 0.2) is 0 Å². The number of rotatable bonds is 3. The van der Waals surface area contributed by atoms with Crippen molar-refractivity contribution >= 4 is 11.6 Å². The van der Waals surface area contributed by atoms with Crippen LogP contribution in [0.3, 0.4) is 0 Å². The van der Waals surface area contributed by atoms with Gasteiger partial charge >= 0.3 is 0 Å². The number of carbonyl (C=O) groups is 1. The van der Waals surface area contributed by atoms with Crippen LogP contribution in [-0.4, -0.2) is 30.8 Å². The maximum atomic E-state index is 12.4. The van der Waals surface area contributed by atoms with Crippen LogP contribution in [0.4, 0.5) is 5.69 Å². The summed E-state index contributed by atoms with van der Waals surface area (Å²) >= 11 is 0. The molecule has 0 aliphatic carbocycles. The molecule has 2 rings (SSSR count). The minimum Gasteiger partial charge on any atom is -0.508 e. The van der Waals surface area contributed by atoms with E-state index in [1.807, 2.05) is 13.8 Å². The number of likely N-dealkylation sites (N-methyl/N-ethyl adjacent to an activating group) is 1. The number of carbonyl (C=O) groups excluding carboxylic acids is 1. The molecule has 0 spiro atoms. The molecule has 1 amide bonds. The van der Waals surface area contributed by atoms with Crippen LogP contribution in [0, 0.1) is 6.92 Å². The van der Waals surface area contributed by atoms with Crippen LogP contribution in [0.15, 0.2) is 30.2 Å². The molecular formula is C14H17NO4. The molecule has 0 radical (unpaired) electrons. The third-order valence-electron chi connectivity index (χ3n) is 2.90. The highest BCUT2D eigenvalue weighted by molar-refractivity contribution is 6.04. The third-order valence-corrected chi connectivity index (χ3v) is 2.90.